The van der Waals surface area contributed by atoms with Crippen molar-refractivity contribution in [3.05, 3.63) is 99.1 Å². The van der Waals surface area contributed by atoms with Gasteiger partial charge in [-0.25, -0.2) is 0 Å². The van der Waals surface area contributed by atoms with Crippen molar-refractivity contribution in [2.75, 3.05) is 6.54 Å². The standard InChI is InChI=1S/C22H21FN.3C4H9.Sn/c1-4-17-15-24(5-2)22(19-9-7-6-8-10-19)16(3)21(17)18-11-13-20(23)14-12-18;3*1-3-4-2;/h1,4,6-15,22H,5H2,2-3H3;3*1,3-4H2,2H3;. The Bertz CT molecular complexity index is 1030. The molecule has 0 fully saturated rings. The summed E-state index contributed by atoms with van der Waals surface area (Å²) in [6, 6.07) is 18.1. The van der Waals surface area contributed by atoms with Crippen LogP contribution in [0.4, 0.5) is 4.39 Å². The summed E-state index contributed by atoms with van der Waals surface area (Å²) in [5.41, 5.74) is 6.34. The van der Waals surface area contributed by atoms with E-state index in [4.69, 9.17) is 0 Å². The predicted molar refractivity (Wildman–Crippen MR) is 163 cm³/mol. The summed E-state index contributed by atoms with van der Waals surface area (Å²) >= 11 is -2.45. The third-order valence-electron chi connectivity index (χ3n) is 8.04. The first-order chi connectivity index (χ1) is 18.0. The first-order valence-corrected chi connectivity index (χ1v) is 22.4. The van der Waals surface area contributed by atoms with E-state index in [-0.39, 0.29) is 11.9 Å². The fraction of sp³-hybridized carbons (Fsp3) is 0.471. The molecular formula is C34H48FNSn. The van der Waals surface area contributed by atoms with Gasteiger partial charge in [-0.2, -0.15) is 0 Å². The molecule has 1 unspecified atom stereocenters. The van der Waals surface area contributed by atoms with E-state index in [1.807, 2.05) is 12.1 Å². The van der Waals surface area contributed by atoms with E-state index in [2.05, 4.69) is 86.2 Å². The molecule has 1 aliphatic heterocycles. The van der Waals surface area contributed by atoms with Crippen LogP contribution >= 0.6 is 0 Å². The van der Waals surface area contributed by atoms with Crippen LogP contribution in [0, 0.1) is 5.82 Å². The normalized spacial score (nSPS) is 16.5. The Labute approximate surface area is 230 Å². The molecule has 2 aromatic rings. The van der Waals surface area contributed by atoms with Gasteiger partial charge in [-0.3, -0.25) is 0 Å². The van der Waals surface area contributed by atoms with Crippen LogP contribution in [0.3, 0.4) is 0 Å². The van der Waals surface area contributed by atoms with Gasteiger partial charge < -0.3 is 0 Å². The van der Waals surface area contributed by atoms with Gasteiger partial charge in [-0.1, -0.05) is 0 Å². The minimum absolute atomic E-state index is 0.178. The summed E-state index contributed by atoms with van der Waals surface area (Å²) < 4.78 is 21.1. The Morgan fingerprint density at radius 3 is 1.89 bits per heavy atom. The van der Waals surface area contributed by atoms with Gasteiger partial charge in [0.1, 0.15) is 0 Å². The average molecular weight is 608 g/mol. The maximum atomic E-state index is 13.9. The van der Waals surface area contributed by atoms with E-state index in [9.17, 15) is 4.39 Å². The molecule has 0 aromatic heterocycles. The van der Waals surface area contributed by atoms with Gasteiger partial charge in [-0.05, 0) is 0 Å². The molecule has 0 saturated carbocycles. The van der Waals surface area contributed by atoms with Gasteiger partial charge >= 0.3 is 231 Å². The Morgan fingerprint density at radius 1 is 0.811 bits per heavy atom. The van der Waals surface area contributed by atoms with Crippen LogP contribution in [0.25, 0.3) is 5.57 Å². The second kappa shape index (κ2) is 15.0. The van der Waals surface area contributed by atoms with Crippen LogP contribution in [0.2, 0.25) is 13.3 Å². The third-order valence-corrected chi connectivity index (χ3v) is 22.1. The first kappa shape index (κ1) is 29.7. The van der Waals surface area contributed by atoms with E-state index in [0.717, 1.165) is 12.1 Å². The molecule has 1 aliphatic rings. The number of hydrogen-bond acceptors (Lipinski definition) is 1. The molecule has 3 rings (SSSR count). The van der Waals surface area contributed by atoms with E-state index >= 15 is 0 Å². The molecule has 0 radical (unpaired) electrons. The summed E-state index contributed by atoms with van der Waals surface area (Å²) in [4.78, 5) is 2.48. The van der Waals surface area contributed by atoms with Crippen molar-refractivity contribution in [2.45, 2.75) is 92.5 Å². The summed E-state index contributed by atoms with van der Waals surface area (Å²) in [6.45, 7) is 12.5. The molecule has 1 heterocycles. The molecule has 0 spiro atoms. The van der Waals surface area contributed by atoms with Gasteiger partial charge in [0.05, 0.1) is 0 Å². The quantitative estimate of drug-likeness (QED) is 0.193. The number of halogens is 1. The van der Waals surface area contributed by atoms with Crippen molar-refractivity contribution in [3.8, 4) is 0 Å². The summed E-state index contributed by atoms with van der Waals surface area (Å²) in [6.07, 6.45) is 12.8. The summed E-state index contributed by atoms with van der Waals surface area (Å²) in [7, 11) is 0. The molecule has 1 nitrogen and oxygen atoms in total. The van der Waals surface area contributed by atoms with Crippen molar-refractivity contribution in [3.63, 3.8) is 0 Å². The summed E-state index contributed by atoms with van der Waals surface area (Å²) in [5.74, 6) is -0.178. The molecule has 0 bridgehead atoms. The van der Waals surface area contributed by atoms with Crippen LogP contribution in [-0.2, 0) is 0 Å². The Kier molecular flexibility index (Phi) is 12.0. The molecule has 37 heavy (non-hydrogen) atoms. The second-order valence-electron chi connectivity index (χ2n) is 10.8. The van der Waals surface area contributed by atoms with Crippen LogP contribution < -0.4 is 0 Å². The molecule has 3 heteroatoms. The number of likely N-dealkylation sites (N-methyl/N-ethyl adjacent to an activating group) is 1. The zero-order chi connectivity index (χ0) is 26.7. The Morgan fingerprint density at radius 2 is 1.38 bits per heavy atom. The minimum atomic E-state index is -2.45. The molecule has 2 aromatic carbocycles. The molecule has 0 saturated heterocycles. The fourth-order valence-corrected chi connectivity index (χ4v) is 20.0. The number of hydrogen-bond donors (Lipinski definition) is 0. The van der Waals surface area contributed by atoms with Crippen molar-refractivity contribution in [1.82, 2.24) is 4.90 Å². The van der Waals surface area contributed by atoms with Crippen molar-refractivity contribution in [1.29, 1.82) is 0 Å². The van der Waals surface area contributed by atoms with Crippen molar-refractivity contribution < 1.29 is 4.39 Å². The second-order valence-corrected chi connectivity index (χ2v) is 23.8. The van der Waals surface area contributed by atoms with Crippen LogP contribution in [-0.4, -0.2) is 29.8 Å². The fourth-order valence-electron chi connectivity index (χ4n) is 5.90. The molecule has 0 N–H and O–H groups in total. The van der Waals surface area contributed by atoms with Gasteiger partial charge in [0.2, 0.25) is 0 Å². The van der Waals surface area contributed by atoms with Crippen LogP contribution in [0.5, 0.6) is 0 Å². The van der Waals surface area contributed by atoms with E-state index in [1.165, 1.54) is 74.1 Å². The van der Waals surface area contributed by atoms with Crippen molar-refractivity contribution >= 4 is 24.0 Å². The SMILES string of the molecule is CCC[CH2][Sn]([CH]=CC1=CN(CC)C(c2ccccc2)C(C)=C1c1ccc(F)cc1)([CH2]CCC)[CH2]CCC. The topological polar surface area (TPSA) is 3.24 Å². The van der Waals surface area contributed by atoms with Gasteiger partial charge in [0, 0.05) is 0 Å². The van der Waals surface area contributed by atoms with Gasteiger partial charge in [0.15, 0.2) is 0 Å². The zero-order valence-corrected chi connectivity index (χ0v) is 26.8. The molecule has 200 valence electrons. The van der Waals surface area contributed by atoms with Crippen LogP contribution in [0.15, 0.2) is 82.1 Å². The first-order valence-electron chi connectivity index (χ1n) is 14.7. The Balaban J connectivity index is 2.12. The average Bonchev–Trinajstić information content (AvgIpc) is 2.93. The number of unbranched alkanes of at least 4 members (excludes halogenated alkanes) is 3. The monoisotopic (exact) mass is 609 g/mol. The maximum absolute atomic E-state index is 13.9. The number of allylic oxidation sites excluding steroid dienone is 3. The van der Waals surface area contributed by atoms with E-state index < -0.39 is 18.4 Å². The molecule has 0 amide bonds. The zero-order valence-electron chi connectivity index (χ0n) is 23.9. The Hall–Kier alpha value is -1.81. The molecule has 1 atom stereocenters. The van der Waals surface area contributed by atoms with Gasteiger partial charge in [0.25, 0.3) is 0 Å². The third kappa shape index (κ3) is 7.85. The molecular weight excluding hydrogens is 560 g/mol. The van der Waals surface area contributed by atoms with Crippen molar-refractivity contribution in [2.24, 2.45) is 0 Å². The predicted octanol–water partition coefficient (Wildman–Crippen LogP) is 10.5. The summed E-state index contributed by atoms with van der Waals surface area (Å²) in [5, 5.41) is 0. The van der Waals surface area contributed by atoms with Crippen LogP contribution in [0.1, 0.15) is 90.3 Å². The number of nitrogens with zero attached hydrogens (tertiary/aromatic N) is 1. The van der Waals surface area contributed by atoms with Gasteiger partial charge in [-0.15, -0.1) is 0 Å². The van der Waals surface area contributed by atoms with E-state index in [1.54, 1.807) is 12.1 Å². The number of benzene rings is 2. The molecule has 0 aliphatic carbocycles. The number of rotatable bonds is 14. The van der Waals surface area contributed by atoms with E-state index in [0.29, 0.717) is 0 Å².